The number of ether oxygens (including phenoxy) is 1. The Morgan fingerprint density at radius 2 is 1.69 bits per heavy atom. The number of hydrogen-bond donors (Lipinski definition) is 4. The Morgan fingerprint density at radius 3 is 2.44 bits per heavy atom. The first-order chi connectivity index (χ1) is 24.9. The zero-order valence-corrected chi connectivity index (χ0v) is 28.1. The summed E-state index contributed by atoms with van der Waals surface area (Å²) in [5.41, 5.74) is 2.05. The van der Waals surface area contributed by atoms with Crippen LogP contribution in [0.3, 0.4) is 0 Å². The fourth-order valence-electron chi connectivity index (χ4n) is 5.29. The van der Waals surface area contributed by atoms with Gasteiger partial charge in [0.2, 0.25) is 0 Å². The number of carbonyl (C=O) groups excluding carboxylic acids is 3. The first-order valence-corrected chi connectivity index (χ1v) is 15.8. The number of rotatable bonds is 10. The van der Waals surface area contributed by atoms with Gasteiger partial charge in [-0.05, 0) is 74.0 Å². The van der Waals surface area contributed by atoms with Crippen LogP contribution >= 0.6 is 0 Å². The summed E-state index contributed by atoms with van der Waals surface area (Å²) in [4.78, 5) is 52.0. The first-order valence-electron chi connectivity index (χ1n) is 15.8. The number of benzene rings is 3. The molecule has 6 rings (SSSR count). The van der Waals surface area contributed by atoms with Crippen LogP contribution in [0.2, 0.25) is 0 Å². The van der Waals surface area contributed by atoms with Gasteiger partial charge in [0.25, 0.3) is 11.8 Å². The molecule has 52 heavy (non-hydrogen) atoms. The molecule has 0 saturated carbocycles. The highest BCUT2D eigenvalue weighted by Crippen LogP contribution is 2.32. The molecule has 4 N–H and O–H groups in total. The topological polar surface area (TPSA) is 157 Å². The molecule has 0 bridgehead atoms. The number of nitrogens with one attached hydrogen (secondary N) is 4. The number of anilines is 4. The lowest BCUT2D eigenvalue weighted by Crippen LogP contribution is -2.26. The van der Waals surface area contributed by atoms with Crippen LogP contribution in [0, 0.1) is 13.8 Å². The second-order valence-corrected chi connectivity index (χ2v) is 11.7. The molecular formula is C36H32F3N9O4. The number of hydrogen-bond acceptors (Lipinski definition) is 8. The Kier molecular flexibility index (Phi) is 10.0. The summed E-state index contributed by atoms with van der Waals surface area (Å²) >= 11 is 0. The maximum absolute atomic E-state index is 13.8. The van der Waals surface area contributed by atoms with Gasteiger partial charge >= 0.3 is 12.2 Å². The molecule has 0 aliphatic heterocycles. The number of aryl methyl sites for hydroxylation is 2. The van der Waals surface area contributed by atoms with Crippen molar-refractivity contribution >= 4 is 51.8 Å². The summed E-state index contributed by atoms with van der Waals surface area (Å²) in [7, 11) is 1.55. The molecule has 3 heterocycles. The van der Waals surface area contributed by atoms with Crippen LogP contribution < -0.4 is 21.3 Å². The highest BCUT2D eigenvalue weighted by atomic mass is 19.4. The van der Waals surface area contributed by atoms with E-state index in [4.69, 9.17) is 4.74 Å². The number of amides is 3. The van der Waals surface area contributed by atoms with Gasteiger partial charge in [-0.1, -0.05) is 12.1 Å². The van der Waals surface area contributed by atoms with Crippen molar-refractivity contribution in [3.05, 3.63) is 120 Å². The normalized spacial score (nSPS) is 11.3. The summed E-state index contributed by atoms with van der Waals surface area (Å²) in [6.07, 6.45) is 1.04. The van der Waals surface area contributed by atoms with Crippen molar-refractivity contribution in [3.63, 3.8) is 0 Å². The largest absolute Gasteiger partial charge is 0.416 e. The van der Waals surface area contributed by atoms with Crippen LogP contribution in [0.25, 0.3) is 16.7 Å². The Labute approximate surface area is 294 Å². The van der Waals surface area contributed by atoms with Crippen molar-refractivity contribution in [2.75, 3.05) is 36.2 Å². The van der Waals surface area contributed by atoms with E-state index in [9.17, 15) is 27.6 Å². The van der Waals surface area contributed by atoms with Crippen molar-refractivity contribution in [3.8, 4) is 5.69 Å². The van der Waals surface area contributed by atoms with E-state index in [0.717, 1.165) is 12.1 Å². The van der Waals surface area contributed by atoms with Crippen molar-refractivity contribution in [1.29, 1.82) is 0 Å². The fourth-order valence-corrected chi connectivity index (χ4v) is 5.29. The maximum Gasteiger partial charge on any atom is 0.416 e. The number of aromatic nitrogens is 5. The molecule has 16 heteroatoms. The molecule has 6 aromatic rings. The van der Waals surface area contributed by atoms with Crippen LogP contribution in [0.5, 0.6) is 0 Å². The third-order valence-electron chi connectivity index (χ3n) is 7.93. The molecule has 0 unspecified atom stereocenters. The van der Waals surface area contributed by atoms with E-state index in [1.807, 2.05) is 0 Å². The van der Waals surface area contributed by atoms with Gasteiger partial charge in [0.1, 0.15) is 12.1 Å². The minimum absolute atomic E-state index is 0.119. The zero-order valence-electron chi connectivity index (χ0n) is 28.1. The first kappa shape index (κ1) is 35.3. The Bertz CT molecular complexity index is 2300. The van der Waals surface area contributed by atoms with Crippen LogP contribution in [0.15, 0.2) is 91.8 Å². The minimum Gasteiger partial charge on any atom is -0.383 e. The number of nitrogens with zero attached hydrogens (tertiary/aromatic N) is 5. The molecule has 266 valence electrons. The van der Waals surface area contributed by atoms with E-state index in [1.54, 1.807) is 69.6 Å². The second kappa shape index (κ2) is 14.7. The van der Waals surface area contributed by atoms with E-state index >= 15 is 0 Å². The van der Waals surface area contributed by atoms with Gasteiger partial charge in [0, 0.05) is 59.9 Å². The predicted octanol–water partition coefficient (Wildman–Crippen LogP) is 6.70. The fraction of sp³-hybridized carbons (Fsp3) is 0.167. The molecule has 0 aliphatic rings. The highest BCUT2D eigenvalue weighted by molar-refractivity contribution is 6.06. The monoisotopic (exact) mass is 711 g/mol. The zero-order chi connectivity index (χ0) is 37.0. The van der Waals surface area contributed by atoms with E-state index in [0.29, 0.717) is 58.2 Å². The van der Waals surface area contributed by atoms with E-state index in [2.05, 4.69) is 36.2 Å². The standard InChI is InChI=1S/C36H32F3N9O4/c1-21-7-8-27(45-34(50)24-13-25(36(37,38)39)16-28(15-24)47-18-22(2)43-20-47)17-30(21)46-35(51)48-11-9-29-31(41-19-42-32(29)48)44-26-6-4-5-23(14-26)33(49)40-10-12-52-3/h4-9,11,13-20H,10,12H2,1-3H3,(H,40,49)(H,45,50)(H,46,51)(H,41,42,44). The minimum atomic E-state index is -4.69. The summed E-state index contributed by atoms with van der Waals surface area (Å²) in [5, 5.41) is 11.9. The molecule has 0 radical (unpaired) electrons. The van der Waals surface area contributed by atoms with Crippen molar-refractivity contribution in [2.45, 2.75) is 20.0 Å². The third kappa shape index (κ3) is 7.92. The Morgan fingerprint density at radius 1 is 0.865 bits per heavy atom. The summed E-state index contributed by atoms with van der Waals surface area (Å²) in [6, 6.07) is 15.7. The van der Waals surface area contributed by atoms with E-state index < -0.39 is 23.7 Å². The lowest BCUT2D eigenvalue weighted by Gasteiger charge is -2.14. The van der Waals surface area contributed by atoms with Crippen molar-refractivity contribution in [2.24, 2.45) is 0 Å². The van der Waals surface area contributed by atoms with Crippen molar-refractivity contribution in [1.82, 2.24) is 29.4 Å². The third-order valence-corrected chi connectivity index (χ3v) is 7.93. The molecule has 0 atom stereocenters. The summed E-state index contributed by atoms with van der Waals surface area (Å²) < 4.78 is 49.0. The molecular weight excluding hydrogens is 679 g/mol. The maximum atomic E-state index is 13.8. The van der Waals surface area contributed by atoms with Crippen LogP contribution in [-0.4, -0.2) is 62.2 Å². The molecule has 0 aliphatic carbocycles. The quantitative estimate of drug-likeness (QED) is 0.114. The van der Waals surface area contributed by atoms with Gasteiger partial charge in [-0.15, -0.1) is 0 Å². The van der Waals surface area contributed by atoms with E-state index in [-0.39, 0.29) is 22.8 Å². The van der Waals surface area contributed by atoms with Gasteiger partial charge in [0.05, 0.1) is 29.6 Å². The van der Waals surface area contributed by atoms with Crippen LogP contribution in [0.4, 0.5) is 40.8 Å². The van der Waals surface area contributed by atoms with Crippen LogP contribution in [0.1, 0.15) is 37.5 Å². The van der Waals surface area contributed by atoms with Gasteiger partial charge in [-0.3, -0.25) is 14.2 Å². The molecule has 0 fully saturated rings. The molecule has 0 saturated heterocycles. The summed E-state index contributed by atoms with van der Waals surface area (Å²) in [5.74, 6) is -0.647. The number of halogens is 3. The number of methoxy groups -OCH3 is 1. The Balaban J connectivity index is 1.19. The second-order valence-electron chi connectivity index (χ2n) is 11.7. The lowest BCUT2D eigenvalue weighted by atomic mass is 10.1. The predicted molar refractivity (Wildman–Crippen MR) is 188 cm³/mol. The average molecular weight is 712 g/mol. The number of fused-ring (bicyclic) bond motifs is 1. The smallest absolute Gasteiger partial charge is 0.383 e. The van der Waals surface area contributed by atoms with E-state index in [1.165, 1.54) is 40.1 Å². The van der Waals surface area contributed by atoms with Crippen molar-refractivity contribution < 1.29 is 32.3 Å². The van der Waals surface area contributed by atoms with Gasteiger partial charge in [-0.25, -0.2) is 19.7 Å². The number of carbonyl (C=O) groups is 3. The van der Waals surface area contributed by atoms with Gasteiger partial charge < -0.3 is 30.6 Å². The van der Waals surface area contributed by atoms with Crippen LogP contribution in [-0.2, 0) is 10.9 Å². The molecule has 13 nitrogen and oxygen atoms in total. The Hall–Kier alpha value is -6.55. The number of alkyl halides is 3. The number of imidazole rings is 1. The highest BCUT2D eigenvalue weighted by Gasteiger charge is 2.32. The SMILES string of the molecule is COCCNC(=O)c1cccc(Nc2ncnc3c2ccn3C(=O)Nc2cc(NC(=O)c3cc(-n4cnc(C)c4)cc(C(F)(F)F)c3)ccc2C)c1. The lowest BCUT2D eigenvalue weighted by molar-refractivity contribution is -0.137. The molecule has 3 amide bonds. The summed E-state index contributed by atoms with van der Waals surface area (Å²) in [6.45, 7) is 4.19. The average Bonchev–Trinajstić information content (AvgIpc) is 3.76. The molecule has 3 aromatic heterocycles. The van der Waals surface area contributed by atoms with Gasteiger partial charge in [-0.2, -0.15) is 13.2 Å². The molecule has 3 aromatic carbocycles. The van der Waals surface area contributed by atoms with Gasteiger partial charge in [0.15, 0.2) is 5.65 Å². The molecule has 0 spiro atoms.